The molecule has 1 aromatic carbocycles. The Morgan fingerprint density at radius 3 is 2.72 bits per heavy atom. The number of carbonyl (C=O) groups excluding carboxylic acids is 1. The molecular formula is C19H26N2O4. The lowest BCUT2D eigenvalue weighted by Crippen LogP contribution is -2.36. The Labute approximate surface area is 148 Å². The molecule has 1 amide bonds. The highest BCUT2D eigenvalue weighted by Gasteiger charge is 2.12. The average Bonchev–Trinajstić information content (AvgIpc) is 3.14. The second-order valence-corrected chi connectivity index (χ2v) is 5.58. The summed E-state index contributed by atoms with van der Waals surface area (Å²) in [4.78, 5) is 14.2. The van der Waals surface area contributed by atoms with Crippen LogP contribution in [0.25, 0.3) is 0 Å². The van der Waals surface area contributed by atoms with Gasteiger partial charge in [-0.2, -0.15) is 0 Å². The molecule has 0 bridgehead atoms. The van der Waals surface area contributed by atoms with Gasteiger partial charge in [0, 0.05) is 6.54 Å². The van der Waals surface area contributed by atoms with E-state index in [0.29, 0.717) is 32.0 Å². The van der Waals surface area contributed by atoms with Crippen LogP contribution in [0.15, 0.2) is 41.0 Å². The van der Waals surface area contributed by atoms with E-state index in [1.165, 1.54) is 0 Å². The largest absolute Gasteiger partial charge is 0.493 e. The molecule has 1 N–H and O–H groups in total. The minimum Gasteiger partial charge on any atom is -0.493 e. The van der Waals surface area contributed by atoms with Crippen LogP contribution in [0.1, 0.15) is 25.2 Å². The number of amides is 1. The molecule has 1 aromatic heterocycles. The smallest absolute Gasteiger partial charge is 0.234 e. The lowest BCUT2D eigenvalue weighted by molar-refractivity contribution is -0.122. The van der Waals surface area contributed by atoms with Crippen LogP contribution >= 0.6 is 0 Å². The number of rotatable bonds is 10. The number of nitrogens with one attached hydrogen (secondary N) is 1. The maximum Gasteiger partial charge on any atom is 0.234 e. The summed E-state index contributed by atoms with van der Waals surface area (Å²) in [6.07, 6.45) is 1.60. The third kappa shape index (κ3) is 5.83. The van der Waals surface area contributed by atoms with Crippen molar-refractivity contribution in [3.05, 3.63) is 47.9 Å². The minimum absolute atomic E-state index is 0.0313. The summed E-state index contributed by atoms with van der Waals surface area (Å²) >= 11 is 0. The molecule has 0 fully saturated rings. The van der Waals surface area contributed by atoms with Crippen LogP contribution in [-0.4, -0.2) is 37.6 Å². The Hall–Kier alpha value is -2.47. The Balaban J connectivity index is 1.91. The molecule has 0 aliphatic rings. The zero-order valence-electron chi connectivity index (χ0n) is 15.1. The molecule has 136 valence electrons. The van der Waals surface area contributed by atoms with Gasteiger partial charge in [-0.3, -0.25) is 9.69 Å². The monoisotopic (exact) mass is 346 g/mol. The molecule has 25 heavy (non-hydrogen) atoms. The molecule has 0 saturated carbocycles. The molecule has 0 aliphatic heterocycles. The van der Waals surface area contributed by atoms with Gasteiger partial charge < -0.3 is 19.2 Å². The molecular weight excluding hydrogens is 320 g/mol. The predicted molar refractivity (Wildman–Crippen MR) is 95.7 cm³/mol. The Morgan fingerprint density at radius 2 is 2.08 bits per heavy atom. The normalized spacial score (nSPS) is 10.7. The fourth-order valence-corrected chi connectivity index (χ4v) is 2.48. The first-order chi connectivity index (χ1) is 12.2. The molecule has 2 rings (SSSR count). The van der Waals surface area contributed by atoms with Crippen LogP contribution in [0.4, 0.5) is 0 Å². The number of methoxy groups -OCH3 is 1. The van der Waals surface area contributed by atoms with Crippen molar-refractivity contribution in [3.8, 4) is 11.5 Å². The lowest BCUT2D eigenvalue weighted by Gasteiger charge is -2.20. The van der Waals surface area contributed by atoms with E-state index < -0.39 is 0 Å². The van der Waals surface area contributed by atoms with E-state index in [9.17, 15) is 4.79 Å². The lowest BCUT2D eigenvalue weighted by atomic mass is 10.2. The fraction of sp³-hybridized carbons (Fsp3) is 0.421. The predicted octanol–water partition coefficient (Wildman–Crippen LogP) is 2.83. The van der Waals surface area contributed by atoms with Crippen LogP contribution in [0, 0.1) is 0 Å². The van der Waals surface area contributed by atoms with Crippen LogP contribution < -0.4 is 14.8 Å². The fourth-order valence-electron chi connectivity index (χ4n) is 2.48. The van der Waals surface area contributed by atoms with Gasteiger partial charge in [0.2, 0.25) is 5.91 Å². The Bertz CT molecular complexity index is 655. The van der Waals surface area contributed by atoms with E-state index >= 15 is 0 Å². The summed E-state index contributed by atoms with van der Waals surface area (Å²) in [5.74, 6) is 2.15. The summed E-state index contributed by atoms with van der Waals surface area (Å²) in [6, 6.07) is 9.50. The first kappa shape index (κ1) is 18.9. The van der Waals surface area contributed by atoms with Gasteiger partial charge in [0.25, 0.3) is 0 Å². The van der Waals surface area contributed by atoms with E-state index in [1.54, 1.807) is 19.4 Å². The van der Waals surface area contributed by atoms with Crippen molar-refractivity contribution in [2.75, 3.05) is 26.8 Å². The first-order valence-corrected chi connectivity index (χ1v) is 8.47. The standard InChI is InChI=1S/C19H26N2O4/c1-4-21(14-19(22)20-12-16-7-6-10-25-16)13-15-8-9-17(24-5-2)18(11-15)23-3/h6-11H,4-5,12-14H2,1-3H3,(H,20,22). The minimum atomic E-state index is -0.0313. The number of ether oxygens (including phenoxy) is 2. The Kier molecular flexibility index (Phi) is 7.35. The Morgan fingerprint density at radius 1 is 1.24 bits per heavy atom. The maximum atomic E-state index is 12.1. The van der Waals surface area contributed by atoms with Crippen LogP contribution in [0.3, 0.4) is 0 Å². The quantitative estimate of drug-likeness (QED) is 0.717. The van der Waals surface area contributed by atoms with E-state index in [4.69, 9.17) is 13.9 Å². The van der Waals surface area contributed by atoms with E-state index in [0.717, 1.165) is 23.6 Å². The highest BCUT2D eigenvalue weighted by molar-refractivity contribution is 5.77. The SMILES string of the molecule is CCOc1ccc(CN(CC)CC(=O)NCc2ccco2)cc1OC. The van der Waals surface area contributed by atoms with Crippen LogP contribution in [-0.2, 0) is 17.9 Å². The second-order valence-electron chi connectivity index (χ2n) is 5.58. The van der Waals surface area contributed by atoms with E-state index in [1.807, 2.05) is 38.1 Å². The summed E-state index contributed by atoms with van der Waals surface area (Å²) in [5, 5.41) is 2.86. The van der Waals surface area contributed by atoms with Crippen molar-refractivity contribution in [1.82, 2.24) is 10.2 Å². The second kappa shape index (κ2) is 9.74. The van der Waals surface area contributed by atoms with Gasteiger partial charge in [-0.05, 0) is 43.3 Å². The molecule has 1 heterocycles. The van der Waals surface area contributed by atoms with Gasteiger partial charge >= 0.3 is 0 Å². The summed E-state index contributed by atoms with van der Waals surface area (Å²) in [5.41, 5.74) is 1.07. The number of hydrogen-bond donors (Lipinski definition) is 1. The van der Waals surface area contributed by atoms with Crippen molar-refractivity contribution < 1.29 is 18.7 Å². The van der Waals surface area contributed by atoms with Gasteiger partial charge in [0.05, 0.1) is 33.1 Å². The molecule has 6 heteroatoms. The van der Waals surface area contributed by atoms with Crippen molar-refractivity contribution in [1.29, 1.82) is 0 Å². The maximum absolute atomic E-state index is 12.1. The topological polar surface area (TPSA) is 63.9 Å². The summed E-state index contributed by atoms with van der Waals surface area (Å²) in [6.45, 7) is 6.72. The molecule has 0 radical (unpaired) electrons. The number of likely N-dealkylation sites (N-methyl/N-ethyl adjacent to an activating group) is 1. The van der Waals surface area contributed by atoms with Gasteiger partial charge in [0.1, 0.15) is 5.76 Å². The summed E-state index contributed by atoms with van der Waals surface area (Å²) < 4.78 is 16.1. The first-order valence-electron chi connectivity index (χ1n) is 8.47. The highest BCUT2D eigenvalue weighted by atomic mass is 16.5. The molecule has 0 atom stereocenters. The molecule has 0 saturated heterocycles. The average molecular weight is 346 g/mol. The van der Waals surface area contributed by atoms with Crippen LogP contribution in [0.5, 0.6) is 11.5 Å². The van der Waals surface area contributed by atoms with Crippen molar-refractivity contribution in [2.24, 2.45) is 0 Å². The van der Waals surface area contributed by atoms with Gasteiger partial charge in [0.15, 0.2) is 11.5 Å². The van der Waals surface area contributed by atoms with Gasteiger partial charge in [-0.25, -0.2) is 0 Å². The molecule has 2 aromatic rings. The van der Waals surface area contributed by atoms with Crippen molar-refractivity contribution in [3.63, 3.8) is 0 Å². The third-order valence-electron chi connectivity index (χ3n) is 3.79. The molecule has 0 spiro atoms. The van der Waals surface area contributed by atoms with E-state index in [2.05, 4.69) is 10.2 Å². The van der Waals surface area contributed by atoms with Gasteiger partial charge in [-0.1, -0.05) is 13.0 Å². The van der Waals surface area contributed by atoms with E-state index in [-0.39, 0.29) is 5.91 Å². The number of hydrogen-bond acceptors (Lipinski definition) is 5. The van der Waals surface area contributed by atoms with Crippen molar-refractivity contribution in [2.45, 2.75) is 26.9 Å². The highest BCUT2D eigenvalue weighted by Crippen LogP contribution is 2.28. The third-order valence-corrected chi connectivity index (χ3v) is 3.79. The number of carbonyl (C=O) groups is 1. The number of furan rings is 1. The molecule has 6 nitrogen and oxygen atoms in total. The zero-order chi connectivity index (χ0) is 18.1. The summed E-state index contributed by atoms with van der Waals surface area (Å²) in [7, 11) is 1.63. The molecule has 0 unspecified atom stereocenters. The van der Waals surface area contributed by atoms with Crippen molar-refractivity contribution >= 4 is 5.91 Å². The van der Waals surface area contributed by atoms with Crippen LogP contribution in [0.2, 0.25) is 0 Å². The van der Waals surface area contributed by atoms with Gasteiger partial charge in [-0.15, -0.1) is 0 Å². The number of benzene rings is 1. The number of nitrogens with zero attached hydrogens (tertiary/aromatic N) is 1. The zero-order valence-corrected chi connectivity index (χ0v) is 15.1. The molecule has 0 aliphatic carbocycles.